The molecule has 0 aromatic heterocycles. The molecule has 0 heterocycles. The Morgan fingerprint density at radius 1 is 1.08 bits per heavy atom. The molecular weight excluding hydrogens is 170 g/mol. The molecule has 4 fully saturated rings. The van der Waals surface area contributed by atoms with E-state index in [9.17, 15) is 0 Å². The Labute approximate surface area is 78.6 Å². The lowest BCUT2D eigenvalue weighted by molar-refractivity contribution is 0.00496. The quantitative estimate of drug-likeness (QED) is 0.575. The van der Waals surface area contributed by atoms with E-state index in [1.165, 1.54) is 32.1 Å². The normalized spacial score (nSPS) is 62.5. The molecule has 4 bridgehead atoms. The van der Waals surface area contributed by atoms with Crippen molar-refractivity contribution in [2.75, 3.05) is 0 Å². The molecule has 68 valence electrons. The standard InChI is InChI=1S/C10H16ClN/c11-9-8-2-6-1-7(3-8)5-10(9,12)4-6/h6-9H,1-5,12H2. The van der Waals surface area contributed by atoms with E-state index in [1.807, 2.05) is 0 Å². The maximum Gasteiger partial charge on any atom is 0.0544 e. The average molecular weight is 186 g/mol. The van der Waals surface area contributed by atoms with E-state index in [0.29, 0.717) is 0 Å². The molecule has 0 aromatic rings. The summed E-state index contributed by atoms with van der Waals surface area (Å²) in [6.07, 6.45) is 6.58. The maximum atomic E-state index is 6.39. The van der Waals surface area contributed by atoms with Gasteiger partial charge in [0.1, 0.15) is 0 Å². The molecule has 0 radical (unpaired) electrons. The van der Waals surface area contributed by atoms with Gasteiger partial charge in [-0.3, -0.25) is 0 Å². The van der Waals surface area contributed by atoms with Crippen molar-refractivity contribution in [1.29, 1.82) is 0 Å². The van der Waals surface area contributed by atoms with Crippen LogP contribution in [-0.2, 0) is 0 Å². The largest absolute Gasteiger partial charge is 0.324 e. The molecule has 0 spiro atoms. The van der Waals surface area contributed by atoms with Crippen LogP contribution in [0.3, 0.4) is 0 Å². The minimum absolute atomic E-state index is 0.0241. The summed E-state index contributed by atoms with van der Waals surface area (Å²) in [5.41, 5.74) is 6.36. The molecular formula is C10H16ClN. The van der Waals surface area contributed by atoms with E-state index in [2.05, 4.69) is 0 Å². The monoisotopic (exact) mass is 185 g/mol. The van der Waals surface area contributed by atoms with Crippen LogP contribution in [-0.4, -0.2) is 10.9 Å². The Kier molecular flexibility index (Phi) is 1.39. The number of hydrogen-bond donors (Lipinski definition) is 1. The highest BCUT2D eigenvalue weighted by molar-refractivity contribution is 6.21. The van der Waals surface area contributed by atoms with Crippen molar-refractivity contribution in [1.82, 2.24) is 0 Å². The van der Waals surface area contributed by atoms with Gasteiger partial charge in [-0.2, -0.15) is 0 Å². The van der Waals surface area contributed by atoms with Crippen molar-refractivity contribution >= 4 is 11.6 Å². The van der Waals surface area contributed by atoms with E-state index in [4.69, 9.17) is 17.3 Å². The van der Waals surface area contributed by atoms with E-state index < -0.39 is 0 Å². The van der Waals surface area contributed by atoms with Gasteiger partial charge >= 0.3 is 0 Å². The van der Waals surface area contributed by atoms with Gasteiger partial charge in [-0.05, 0) is 49.9 Å². The number of halogens is 1. The zero-order valence-corrected chi connectivity index (χ0v) is 8.06. The molecule has 3 unspecified atom stereocenters. The maximum absolute atomic E-state index is 6.39. The van der Waals surface area contributed by atoms with Crippen molar-refractivity contribution in [2.24, 2.45) is 23.5 Å². The molecule has 4 aliphatic rings. The van der Waals surface area contributed by atoms with Crippen LogP contribution in [0, 0.1) is 17.8 Å². The molecule has 0 saturated heterocycles. The lowest BCUT2D eigenvalue weighted by Crippen LogP contribution is -2.63. The third-order valence-corrected chi connectivity index (χ3v) is 5.03. The van der Waals surface area contributed by atoms with E-state index in [-0.39, 0.29) is 10.9 Å². The first kappa shape index (κ1) is 7.64. The van der Waals surface area contributed by atoms with Crippen LogP contribution in [0.25, 0.3) is 0 Å². The van der Waals surface area contributed by atoms with Crippen molar-refractivity contribution in [2.45, 2.75) is 43.0 Å². The van der Waals surface area contributed by atoms with Crippen LogP contribution in [0.5, 0.6) is 0 Å². The van der Waals surface area contributed by atoms with Crippen molar-refractivity contribution in [3.63, 3.8) is 0 Å². The summed E-state index contributed by atoms with van der Waals surface area (Å²) in [6.45, 7) is 0. The first-order valence-corrected chi connectivity index (χ1v) is 5.54. The van der Waals surface area contributed by atoms with Gasteiger partial charge in [-0.15, -0.1) is 11.6 Å². The topological polar surface area (TPSA) is 26.0 Å². The van der Waals surface area contributed by atoms with Crippen LogP contribution >= 0.6 is 11.6 Å². The van der Waals surface area contributed by atoms with Gasteiger partial charge in [0, 0.05) is 5.54 Å². The zero-order chi connectivity index (χ0) is 8.34. The van der Waals surface area contributed by atoms with E-state index >= 15 is 0 Å². The summed E-state index contributed by atoms with van der Waals surface area (Å²) in [5, 5.41) is 0.283. The predicted molar refractivity (Wildman–Crippen MR) is 50.1 cm³/mol. The molecule has 2 heteroatoms. The third kappa shape index (κ3) is 0.843. The van der Waals surface area contributed by atoms with Gasteiger partial charge in [-0.25, -0.2) is 0 Å². The van der Waals surface area contributed by atoms with Gasteiger partial charge < -0.3 is 5.73 Å². The Morgan fingerprint density at radius 3 is 2.17 bits per heavy atom. The Balaban J connectivity index is 1.97. The molecule has 4 saturated carbocycles. The summed E-state index contributed by atoms with van der Waals surface area (Å²) in [5.74, 6) is 2.59. The molecule has 4 aliphatic carbocycles. The predicted octanol–water partition coefficient (Wildman–Crippen LogP) is 2.13. The van der Waals surface area contributed by atoms with Gasteiger partial charge in [-0.1, -0.05) is 0 Å². The lowest BCUT2D eigenvalue weighted by atomic mass is 9.53. The second-order valence-electron chi connectivity index (χ2n) is 5.24. The van der Waals surface area contributed by atoms with Crippen LogP contribution in [0.4, 0.5) is 0 Å². The fraction of sp³-hybridized carbons (Fsp3) is 1.00. The number of nitrogens with two attached hydrogens (primary N) is 1. The molecule has 2 N–H and O–H groups in total. The molecule has 1 nitrogen and oxygen atoms in total. The molecule has 4 rings (SSSR count). The fourth-order valence-electron chi connectivity index (χ4n) is 4.04. The summed E-state index contributed by atoms with van der Waals surface area (Å²) in [6, 6.07) is 0. The number of rotatable bonds is 0. The number of alkyl halides is 1. The lowest BCUT2D eigenvalue weighted by Gasteiger charge is -2.57. The van der Waals surface area contributed by atoms with Gasteiger partial charge in [0.2, 0.25) is 0 Å². The highest BCUT2D eigenvalue weighted by Crippen LogP contribution is 2.56. The van der Waals surface area contributed by atoms with E-state index in [1.54, 1.807) is 0 Å². The molecule has 0 aliphatic heterocycles. The van der Waals surface area contributed by atoms with Crippen LogP contribution in [0.2, 0.25) is 0 Å². The minimum Gasteiger partial charge on any atom is -0.324 e. The van der Waals surface area contributed by atoms with Crippen LogP contribution in [0.15, 0.2) is 0 Å². The number of hydrogen-bond acceptors (Lipinski definition) is 1. The molecule has 3 atom stereocenters. The van der Waals surface area contributed by atoms with Gasteiger partial charge in [0.25, 0.3) is 0 Å². The zero-order valence-electron chi connectivity index (χ0n) is 7.30. The van der Waals surface area contributed by atoms with Crippen LogP contribution < -0.4 is 5.73 Å². The minimum atomic E-state index is 0.0241. The van der Waals surface area contributed by atoms with Gasteiger partial charge in [0.15, 0.2) is 0 Å². The molecule has 12 heavy (non-hydrogen) atoms. The summed E-state index contributed by atoms with van der Waals surface area (Å²) in [4.78, 5) is 0. The highest BCUT2D eigenvalue weighted by atomic mass is 35.5. The SMILES string of the molecule is NC12CC3CC(CC(C3)C1Cl)C2. The van der Waals surface area contributed by atoms with Crippen molar-refractivity contribution in [3.05, 3.63) is 0 Å². The van der Waals surface area contributed by atoms with Crippen LogP contribution in [0.1, 0.15) is 32.1 Å². The molecule has 0 amide bonds. The average Bonchev–Trinajstić information content (AvgIpc) is 1.98. The first-order chi connectivity index (χ1) is 5.67. The summed E-state index contributed by atoms with van der Waals surface area (Å²) in [7, 11) is 0. The van der Waals surface area contributed by atoms with Crippen molar-refractivity contribution < 1.29 is 0 Å². The smallest absolute Gasteiger partial charge is 0.0544 e. The summed E-state index contributed by atoms with van der Waals surface area (Å²) < 4.78 is 0. The second kappa shape index (κ2) is 2.19. The highest BCUT2D eigenvalue weighted by Gasteiger charge is 2.54. The first-order valence-electron chi connectivity index (χ1n) is 5.10. The van der Waals surface area contributed by atoms with E-state index in [0.717, 1.165) is 17.8 Å². The fourth-order valence-corrected chi connectivity index (χ4v) is 4.43. The second-order valence-corrected chi connectivity index (χ2v) is 5.71. The third-order valence-electron chi connectivity index (χ3n) is 4.24. The molecule has 0 aromatic carbocycles. The van der Waals surface area contributed by atoms with Gasteiger partial charge in [0.05, 0.1) is 5.38 Å². The Bertz CT molecular complexity index is 202. The Hall–Kier alpha value is 0.250. The van der Waals surface area contributed by atoms with Crippen molar-refractivity contribution in [3.8, 4) is 0 Å². The summed E-state index contributed by atoms with van der Waals surface area (Å²) >= 11 is 6.39. The Morgan fingerprint density at radius 2 is 1.67 bits per heavy atom.